The molecule has 0 saturated heterocycles. The highest BCUT2D eigenvalue weighted by Gasteiger charge is 2.16. The number of rotatable bonds is 13. The Labute approximate surface area is 287 Å². The van der Waals surface area contributed by atoms with Crippen molar-refractivity contribution in [2.24, 2.45) is 0 Å². The quantitative estimate of drug-likeness (QED) is 0.0906. The maximum atomic E-state index is 5.79. The minimum absolute atomic E-state index is 0.612. The molecule has 0 aliphatic carbocycles. The summed E-state index contributed by atoms with van der Waals surface area (Å²) in [5, 5.41) is 2.64. The van der Waals surface area contributed by atoms with Crippen molar-refractivity contribution in [1.82, 2.24) is 0 Å². The van der Waals surface area contributed by atoms with Crippen molar-refractivity contribution in [2.75, 3.05) is 40.8 Å². The van der Waals surface area contributed by atoms with E-state index >= 15 is 0 Å². The molecule has 6 heteroatoms. The molecule has 0 bridgehead atoms. The fourth-order valence-corrected chi connectivity index (χ4v) is 8.95. The van der Waals surface area contributed by atoms with Gasteiger partial charge in [0.05, 0.1) is 28.4 Å². The normalized spacial score (nSPS) is 11.3. The summed E-state index contributed by atoms with van der Waals surface area (Å²) in [5.74, 6) is 3.50. The van der Waals surface area contributed by atoms with E-state index in [-0.39, 0.29) is 0 Å². The highest BCUT2D eigenvalue weighted by atomic mass is 31.1. The van der Waals surface area contributed by atoms with Crippen molar-refractivity contribution in [1.29, 1.82) is 0 Å². The molecule has 0 heterocycles. The fourth-order valence-electron chi connectivity index (χ4n) is 6.08. The van der Waals surface area contributed by atoms with Crippen LogP contribution in [-0.4, -0.2) is 40.8 Å². The maximum absolute atomic E-state index is 5.79. The van der Waals surface area contributed by atoms with Crippen LogP contribution in [0.15, 0.2) is 133 Å². The molecule has 0 aliphatic heterocycles. The van der Waals surface area contributed by atoms with E-state index in [1.165, 1.54) is 21.7 Å². The molecular formula is C42H40O4P2. The smallest absolute Gasteiger partial charge is 0.126 e. The van der Waals surface area contributed by atoms with Gasteiger partial charge in [0.1, 0.15) is 23.0 Å². The van der Waals surface area contributed by atoms with Crippen LogP contribution >= 0.6 is 17.2 Å². The van der Waals surface area contributed by atoms with Gasteiger partial charge in [-0.15, -0.1) is 0 Å². The van der Waals surface area contributed by atoms with Crippen molar-refractivity contribution in [3.63, 3.8) is 0 Å². The van der Waals surface area contributed by atoms with E-state index in [9.17, 15) is 0 Å². The first kappa shape index (κ1) is 33.3. The number of para-hydroxylation sites is 4. The van der Waals surface area contributed by atoms with Gasteiger partial charge in [0.2, 0.25) is 0 Å². The lowest BCUT2D eigenvalue weighted by Gasteiger charge is -2.17. The summed E-state index contributed by atoms with van der Waals surface area (Å²) < 4.78 is 23.0. The van der Waals surface area contributed by atoms with Crippen molar-refractivity contribution in [3.8, 4) is 67.5 Å². The Morgan fingerprint density at radius 1 is 0.354 bits per heavy atom. The zero-order valence-corrected chi connectivity index (χ0v) is 29.7. The van der Waals surface area contributed by atoms with Crippen molar-refractivity contribution in [2.45, 2.75) is 0 Å². The molecule has 0 N–H and O–H groups in total. The first-order chi connectivity index (χ1) is 23.6. The molecule has 0 spiro atoms. The van der Waals surface area contributed by atoms with Gasteiger partial charge < -0.3 is 18.9 Å². The molecule has 0 amide bonds. The number of hydrogen-bond acceptors (Lipinski definition) is 4. The van der Waals surface area contributed by atoms with Gasteiger partial charge in [-0.05, 0) is 81.6 Å². The van der Waals surface area contributed by atoms with E-state index in [1.54, 1.807) is 28.4 Å². The van der Waals surface area contributed by atoms with E-state index in [4.69, 9.17) is 18.9 Å². The standard InChI is InChI=1S/C42H40O4P2/c1-43-37-17-9-5-13-31(37)29-21-23-35(33-15-7-11-19-39(33)45-3)41(27-29)47-25-26-48-42-28-30(32-14-6-10-18-38(32)44-2)22-24-36(42)34-16-8-12-20-40(34)46-4/h5-24,27-28,47-48H,25-26H2,1-4H3. The van der Waals surface area contributed by atoms with Crippen molar-refractivity contribution in [3.05, 3.63) is 133 Å². The predicted molar refractivity (Wildman–Crippen MR) is 206 cm³/mol. The number of ether oxygens (including phenoxy) is 4. The average Bonchev–Trinajstić information content (AvgIpc) is 3.16. The summed E-state index contributed by atoms with van der Waals surface area (Å²) >= 11 is 0. The minimum Gasteiger partial charge on any atom is -0.496 e. The predicted octanol–water partition coefficient (Wildman–Crippen LogP) is 9.70. The molecule has 6 rings (SSSR count). The lowest BCUT2D eigenvalue weighted by molar-refractivity contribution is 0.416. The van der Waals surface area contributed by atoms with E-state index in [1.807, 2.05) is 48.5 Å². The van der Waals surface area contributed by atoms with Crippen LogP contribution in [0.2, 0.25) is 0 Å². The van der Waals surface area contributed by atoms with Gasteiger partial charge in [0.25, 0.3) is 0 Å². The molecule has 242 valence electrons. The van der Waals surface area contributed by atoms with E-state index in [2.05, 4.69) is 84.9 Å². The third-order valence-electron chi connectivity index (χ3n) is 8.43. The summed E-state index contributed by atoms with van der Waals surface area (Å²) in [5.41, 5.74) is 9.13. The zero-order valence-electron chi connectivity index (χ0n) is 27.7. The summed E-state index contributed by atoms with van der Waals surface area (Å²) in [6.07, 6.45) is 2.11. The second kappa shape index (κ2) is 16.0. The van der Waals surface area contributed by atoms with Gasteiger partial charge in [-0.1, -0.05) is 114 Å². The molecule has 2 unspecified atom stereocenters. The summed E-state index contributed by atoms with van der Waals surface area (Å²) in [7, 11) is 8.16. The topological polar surface area (TPSA) is 36.9 Å². The SMILES string of the molecule is COc1ccccc1-c1ccc(-c2ccccc2OC)c(PCCPc2cc(-c3ccccc3OC)ccc2-c2ccccc2OC)c1. The Morgan fingerprint density at radius 2 is 0.667 bits per heavy atom. The van der Waals surface area contributed by atoms with Crippen LogP contribution in [0.3, 0.4) is 0 Å². The molecule has 0 fully saturated rings. The minimum atomic E-state index is 0.612. The van der Waals surface area contributed by atoms with Crippen LogP contribution in [0.1, 0.15) is 0 Å². The van der Waals surface area contributed by atoms with Gasteiger partial charge in [-0.25, -0.2) is 0 Å². The van der Waals surface area contributed by atoms with Crippen molar-refractivity contribution >= 4 is 27.8 Å². The van der Waals surface area contributed by atoms with Crippen LogP contribution in [0, 0.1) is 0 Å². The molecule has 0 aliphatic rings. The molecule has 4 nitrogen and oxygen atoms in total. The average molecular weight is 671 g/mol. The Morgan fingerprint density at radius 3 is 1.02 bits per heavy atom. The monoisotopic (exact) mass is 670 g/mol. The Bertz CT molecular complexity index is 1860. The number of hydrogen-bond donors (Lipinski definition) is 0. The molecule has 48 heavy (non-hydrogen) atoms. The second-order valence-electron chi connectivity index (χ2n) is 11.2. The summed E-state index contributed by atoms with van der Waals surface area (Å²) in [6.45, 7) is 0. The van der Waals surface area contributed by atoms with Gasteiger partial charge in [0, 0.05) is 22.3 Å². The molecular weight excluding hydrogens is 630 g/mol. The molecule has 2 atom stereocenters. The molecule has 6 aromatic rings. The lowest BCUT2D eigenvalue weighted by Crippen LogP contribution is -2.06. The first-order valence-corrected chi connectivity index (χ1v) is 18.4. The van der Waals surface area contributed by atoms with Crippen LogP contribution in [0.25, 0.3) is 44.5 Å². The van der Waals surface area contributed by atoms with Crippen LogP contribution in [0.5, 0.6) is 23.0 Å². The summed E-state index contributed by atoms with van der Waals surface area (Å²) in [6, 6.07) is 46.5. The highest BCUT2D eigenvalue weighted by molar-refractivity contribution is 7.51. The molecule has 0 radical (unpaired) electrons. The Kier molecular flexibility index (Phi) is 11.1. The van der Waals surface area contributed by atoms with Crippen LogP contribution < -0.4 is 29.6 Å². The third-order valence-corrected chi connectivity index (χ3v) is 11.5. The lowest BCUT2D eigenvalue weighted by atomic mass is 9.99. The van der Waals surface area contributed by atoms with Gasteiger partial charge >= 0.3 is 0 Å². The van der Waals surface area contributed by atoms with Gasteiger partial charge in [-0.2, -0.15) is 0 Å². The molecule has 0 saturated carbocycles. The second-order valence-corrected chi connectivity index (χ2v) is 14.0. The van der Waals surface area contributed by atoms with E-state index in [0.29, 0.717) is 17.2 Å². The fraction of sp³-hybridized carbons (Fsp3) is 0.143. The highest BCUT2D eigenvalue weighted by Crippen LogP contribution is 2.38. The summed E-state index contributed by atoms with van der Waals surface area (Å²) in [4.78, 5) is 0. The van der Waals surface area contributed by atoms with E-state index in [0.717, 1.165) is 68.7 Å². The van der Waals surface area contributed by atoms with Crippen LogP contribution in [-0.2, 0) is 0 Å². The van der Waals surface area contributed by atoms with Crippen molar-refractivity contribution < 1.29 is 18.9 Å². The van der Waals surface area contributed by atoms with Crippen LogP contribution in [0.4, 0.5) is 0 Å². The van der Waals surface area contributed by atoms with E-state index < -0.39 is 0 Å². The largest absolute Gasteiger partial charge is 0.496 e. The Hall–Kier alpha value is -4.62. The molecule has 0 aromatic heterocycles. The molecule has 6 aromatic carbocycles. The number of methoxy groups -OCH3 is 4. The van der Waals surface area contributed by atoms with Gasteiger partial charge in [-0.3, -0.25) is 0 Å². The first-order valence-electron chi connectivity index (χ1n) is 15.9. The number of benzene rings is 6. The maximum Gasteiger partial charge on any atom is 0.126 e. The Balaban J connectivity index is 1.33. The third kappa shape index (κ3) is 7.26. The van der Waals surface area contributed by atoms with Gasteiger partial charge in [0.15, 0.2) is 0 Å². The zero-order chi connectivity index (χ0) is 33.3.